The molecule has 1 aliphatic heterocycles. The third-order valence-corrected chi connectivity index (χ3v) is 3.09. The highest BCUT2D eigenvalue weighted by Crippen LogP contribution is 2.13. The molecule has 1 amide bonds. The van der Waals surface area contributed by atoms with Crippen molar-refractivity contribution in [2.75, 3.05) is 26.3 Å². The van der Waals surface area contributed by atoms with Crippen molar-refractivity contribution in [1.82, 2.24) is 4.90 Å². The molecule has 1 aliphatic rings. The van der Waals surface area contributed by atoms with E-state index >= 15 is 0 Å². The summed E-state index contributed by atoms with van der Waals surface area (Å²) >= 11 is 0. The zero-order valence-corrected chi connectivity index (χ0v) is 12.5. The molecule has 1 aromatic rings. The van der Waals surface area contributed by atoms with Crippen molar-refractivity contribution >= 4 is 5.91 Å². The van der Waals surface area contributed by atoms with Crippen LogP contribution >= 0.6 is 0 Å². The number of carbonyl (C=O) groups is 1. The van der Waals surface area contributed by atoms with Crippen LogP contribution in [0.15, 0.2) is 18.2 Å². The van der Waals surface area contributed by atoms with E-state index in [1.807, 2.05) is 37.8 Å². The molecule has 0 aromatic heterocycles. The molecule has 0 bridgehead atoms. The Balaban J connectivity index is 0.000000861. The molecule has 1 saturated heterocycles. The van der Waals surface area contributed by atoms with Gasteiger partial charge in [0.25, 0.3) is 5.91 Å². The van der Waals surface area contributed by atoms with Crippen LogP contribution in [0, 0.1) is 6.92 Å². The highest BCUT2D eigenvalue weighted by molar-refractivity contribution is 5.94. The largest absolute Gasteiger partial charge is 0.378 e. The molecule has 0 atom stereocenters. The zero-order valence-electron chi connectivity index (χ0n) is 12.5. The molecule has 19 heavy (non-hydrogen) atoms. The topological polar surface area (TPSA) is 29.5 Å². The maximum absolute atomic E-state index is 12.3. The fourth-order valence-electron chi connectivity index (χ4n) is 2.14. The summed E-state index contributed by atoms with van der Waals surface area (Å²) in [7, 11) is 0. The summed E-state index contributed by atoms with van der Waals surface area (Å²) < 4.78 is 5.26. The monoisotopic (exact) mass is 263 g/mol. The number of amides is 1. The first-order valence-electron chi connectivity index (χ1n) is 7.18. The molecule has 1 fully saturated rings. The average molecular weight is 263 g/mol. The Labute approximate surface area is 116 Å². The number of benzene rings is 1. The van der Waals surface area contributed by atoms with Crippen molar-refractivity contribution in [2.45, 2.75) is 34.1 Å². The number of hydrogen-bond acceptors (Lipinski definition) is 2. The Hall–Kier alpha value is -1.35. The number of hydrogen-bond donors (Lipinski definition) is 0. The average Bonchev–Trinajstić information content (AvgIpc) is 2.48. The van der Waals surface area contributed by atoms with Gasteiger partial charge in [-0.2, -0.15) is 0 Å². The molecular weight excluding hydrogens is 238 g/mol. The van der Waals surface area contributed by atoms with Crippen molar-refractivity contribution in [3.63, 3.8) is 0 Å². The van der Waals surface area contributed by atoms with E-state index in [9.17, 15) is 4.79 Å². The lowest BCUT2D eigenvalue weighted by molar-refractivity contribution is 0.0303. The van der Waals surface area contributed by atoms with Crippen LogP contribution in [0.25, 0.3) is 0 Å². The van der Waals surface area contributed by atoms with Crippen LogP contribution in [0.2, 0.25) is 0 Å². The first-order chi connectivity index (χ1) is 9.20. The lowest BCUT2D eigenvalue weighted by Gasteiger charge is -2.27. The van der Waals surface area contributed by atoms with Crippen molar-refractivity contribution < 1.29 is 9.53 Å². The summed E-state index contributed by atoms with van der Waals surface area (Å²) in [5.41, 5.74) is 3.19. The maximum atomic E-state index is 12.3. The van der Waals surface area contributed by atoms with Gasteiger partial charge < -0.3 is 9.64 Å². The zero-order chi connectivity index (χ0) is 14.3. The second kappa shape index (κ2) is 7.95. The van der Waals surface area contributed by atoms with Gasteiger partial charge >= 0.3 is 0 Å². The van der Waals surface area contributed by atoms with Crippen LogP contribution < -0.4 is 0 Å². The Bertz CT molecular complexity index is 409. The maximum Gasteiger partial charge on any atom is 0.254 e. The first-order valence-corrected chi connectivity index (χ1v) is 7.18. The number of nitrogens with zero attached hydrogens (tertiary/aromatic N) is 1. The fourth-order valence-corrected chi connectivity index (χ4v) is 2.14. The predicted molar refractivity (Wildman–Crippen MR) is 78.6 cm³/mol. The Morgan fingerprint density at radius 2 is 1.84 bits per heavy atom. The predicted octanol–water partition coefficient (Wildman–Crippen LogP) is 3.06. The number of carbonyl (C=O) groups excluding carboxylic acids is 1. The SMILES string of the molecule is CC.CCc1cc(C)cc(C(=O)N2CCOCC2)c1. The van der Waals surface area contributed by atoms with Crippen molar-refractivity contribution in [2.24, 2.45) is 0 Å². The van der Waals surface area contributed by atoms with Gasteiger partial charge in [-0.05, 0) is 31.0 Å². The normalized spacial score (nSPS) is 14.6. The molecule has 0 N–H and O–H groups in total. The van der Waals surface area contributed by atoms with Gasteiger partial charge in [-0.3, -0.25) is 4.79 Å². The van der Waals surface area contributed by atoms with Crippen molar-refractivity contribution in [1.29, 1.82) is 0 Å². The van der Waals surface area contributed by atoms with Crippen molar-refractivity contribution in [3.05, 3.63) is 34.9 Å². The van der Waals surface area contributed by atoms with E-state index in [1.54, 1.807) is 0 Å². The van der Waals surface area contributed by atoms with E-state index in [-0.39, 0.29) is 5.91 Å². The molecule has 0 unspecified atom stereocenters. The summed E-state index contributed by atoms with van der Waals surface area (Å²) in [4.78, 5) is 14.2. The summed E-state index contributed by atoms with van der Waals surface area (Å²) in [6, 6.07) is 6.11. The number of aryl methyl sites for hydroxylation is 2. The van der Waals surface area contributed by atoms with Gasteiger partial charge in [-0.25, -0.2) is 0 Å². The molecule has 1 aromatic carbocycles. The molecule has 0 aliphatic carbocycles. The molecule has 2 rings (SSSR count). The highest BCUT2D eigenvalue weighted by Gasteiger charge is 2.18. The van der Waals surface area contributed by atoms with Crippen LogP contribution in [-0.2, 0) is 11.2 Å². The summed E-state index contributed by atoms with van der Waals surface area (Å²) in [5.74, 6) is 0.131. The molecule has 0 spiro atoms. The van der Waals surface area contributed by atoms with Gasteiger partial charge in [0.2, 0.25) is 0 Å². The van der Waals surface area contributed by atoms with E-state index < -0.39 is 0 Å². The molecule has 3 heteroatoms. The minimum absolute atomic E-state index is 0.131. The first kappa shape index (κ1) is 15.7. The van der Waals surface area contributed by atoms with Crippen LogP contribution in [0.5, 0.6) is 0 Å². The van der Waals surface area contributed by atoms with E-state index in [2.05, 4.69) is 13.0 Å². The summed E-state index contributed by atoms with van der Waals surface area (Å²) in [6.07, 6.45) is 0.963. The van der Waals surface area contributed by atoms with Gasteiger partial charge in [0.15, 0.2) is 0 Å². The van der Waals surface area contributed by atoms with Gasteiger partial charge in [0.05, 0.1) is 13.2 Å². The number of rotatable bonds is 2. The minimum Gasteiger partial charge on any atom is -0.378 e. The van der Waals surface area contributed by atoms with E-state index in [1.165, 1.54) is 5.56 Å². The van der Waals surface area contributed by atoms with Gasteiger partial charge in [0.1, 0.15) is 0 Å². The van der Waals surface area contributed by atoms with Crippen LogP contribution in [-0.4, -0.2) is 37.1 Å². The van der Waals surface area contributed by atoms with E-state index in [4.69, 9.17) is 4.74 Å². The second-order valence-electron chi connectivity index (χ2n) is 4.47. The number of ether oxygens (including phenoxy) is 1. The lowest BCUT2D eigenvalue weighted by atomic mass is 10.0. The Kier molecular flexibility index (Phi) is 6.57. The Morgan fingerprint density at radius 3 is 2.42 bits per heavy atom. The summed E-state index contributed by atoms with van der Waals surface area (Å²) in [6.45, 7) is 10.9. The second-order valence-corrected chi connectivity index (χ2v) is 4.47. The van der Waals surface area contributed by atoms with Crippen LogP contribution in [0.1, 0.15) is 42.3 Å². The fraction of sp³-hybridized carbons (Fsp3) is 0.562. The minimum atomic E-state index is 0.131. The quantitative estimate of drug-likeness (QED) is 0.820. The molecule has 0 saturated carbocycles. The lowest BCUT2D eigenvalue weighted by Crippen LogP contribution is -2.40. The van der Waals surface area contributed by atoms with Gasteiger partial charge in [-0.1, -0.05) is 32.4 Å². The number of morpholine rings is 1. The third-order valence-electron chi connectivity index (χ3n) is 3.09. The van der Waals surface area contributed by atoms with Crippen molar-refractivity contribution in [3.8, 4) is 0 Å². The van der Waals surface area contributed by atoms with Crippen LogP contribution in [0.4, 0.5) is 0 Å². The third kappa shape index (κ3) is 4.35. The smallest absolute Gasteiger partial charge is 0.254 e. The van der Waals surface area contributed by atoms with E-state index in [0.717, 1.165) is 17.5 Å². The standard InChI is InChI=1S/C14H19NO2.C2H6/c1-3-12-8-11(2)9-13(10-12)14(16)15-4-6-17-7-5-15;1-2/h8-10H,3-7H2,1-2H3;1-2H3. The molecule has 1 heterocycles. The Morgan fingerprint density at radius 1 is 1.21 bits per heavy atom. The van der Waals surface area contributed by atoms with E-state index in [0.29, 0.717) is 26.3 Å². The highest BCUT2D eigenvalue weighted by atomic mass is 16.5. The van der Waals surface area contributed by atoms with Gasteiger partial charge in [0, 0.05) is 18.7 Å². The van der Waals surface area contributed by atoms with Gasteiger partial charge in [-0.15, -0.1) is 0 Å². The molecule has 0 radical (unpaired) electrons. The van der Waals surface area contributed by atoms with Crippen LogP contribution in [0.3, 0.4) is 0 Å². The summed E-state index contributed by atoms with van der Waals surface area (Å²) in [5, 5.41) is 0. The molecule has 106 valence electrons. The molecular formula is C16H25NO2. The molecule has 3 nitrogen and oxygen atoms in total.